The topological polar surface area (TPSA) is 170 Å². The number of carbonyl (C=O) groups excluding carboxylic acids is 2. The lowest BCUT2D eigenvalue weighted by molar-refractivity contribution is -0.187. The van der Waals surface area contributed by atoms with E-state index in [0.717, 1.165) is 41.8 Å². The molecule has 40 heavy (non-hydrogen) atoms. The van der Waals surface area contributed by atoms with Crippen molar-refractivity contribution in [3.8, 4) is 0 Å². The van der Waals surface area contributed by atoms with Crippen molar-refractivity contribution >= 4 is 23.5 Å². The molecular weight excluding hydrogens is 525 g/mol. The predicted molar refractivity (Wildman–Crippen MR) is 139 cm³/mol. The summed E-state index contributed by atoms with van der Waals surface area (Å²) < 4.78 is 19.1. The van der Waals surface area contributed by atoms with Crippen LogP contribution in [0.2, 0.25) is 0 Å². The molecule has 1 aliphatic rings. The van der Waals surface area contributed by atoms with Crippen molar-refractivity contribution in [3.63, 3.8) is 0 Å². The van der Waals surface area contributed by atoms with E-state index < -0.39 is 45.8 Å². The zero-order valence-electron chi connectivity index (χ0n) is 21.4. The molecule has 3 atom stereocenters. The first kappa shape index (κ1) is 30.3. The van der Waals surface area contributed by atoms with Gasteiger partial charge in [-0.15, -0.1) is 0 Å². The molecule has 3 aromatic rings. The van der Waals surface area contributed by atoms with Crippen LogP contribution in [0.5, 0.6) is 0 Å². The van der Waals surface area contributed by atoms with Gasteiger partial charge in [0.25, 0.3) is 11.2 Å². The number of carbonyl (C=O) groups is 4. The maximum absolute atomic E-state index is 13.5. The van der Waals surface area contributed by atoms with Gasteiger partial charge in [0.2, 0.25) is 11.6 Å². The molecule has 0 unspecified atom stereocenters. The van der Waals surface area contributed by atoms with Gasteiger partial charge in [0.15, 0.2) is 0 Å². The zero-order chi connectivity index (χ0) is 29.5. The molecule has 0 saturated carbocycles. The smallest absolute Gasteiger partial charge is 0.348 e. The Hall–Kier alpha value is -4.29. The number of carboxylic acid groups (broad SMARTS) is 2. The van der Waals surface area contributed by atoms with Crippen LogP contribution < -0.4 is 5.32 Å². The minimum Gasteiger partial charge on any atom is -0.479 e. The monoisotopic (exact) mass is 553 g/mol. The van der Waals surface area contributed by atoms with E-state index in [9.17, 15) is 44.0 Å². The number of hydrogen-bond donors (Lipinski definition) is 5. The largest absolute Gasteiger partial charge is 0.479 e. The minimum absolute atomic E-state index is 0.134. The molecular formula is C29H28FNO9. The Morgan fingerprint density at radius 2 is 1.30 bits per heavy atom. The van der Waals surface area contributed by atoms with E-state index >= 15 is 0 Å². The molecule has 0 bridgehead atoms. The molecule has 10 nitrogen and oxygen atoms in total. The van der Waals surface area contributed by atoms with Crippen LogP contribution in [0.25, 0.3) is 0 Å². The van der Waals surface area contributed by atoms with E-state index in [1.807, 2.05) is 13.1 Å². The van der Waals surface area contributed by atoms with Crippen molar-refractivity contribution in [1.29, 1.82) is 0 Å². The number of carboxylic acids is 2. The van der Waals surface area contributed by atoms with Gasteiger partial charge in [-0.2, -0.15) is 0 Å². The Kier molecular flexibility index (Phi) is 9.61. The van der Waals surface area contributed by atoms with Gasteiger partial charge in [-0.25, -0.2) is 14.0 Å². The number of benzene rings is 3. The number of Topliss-reactive ketones (excluding diaryl/α,β-unsaturated/α-hetero) is 2. The van der Waals surface area contributed by atoms with Gasteiger partial charge in [-0.05, 0) is 25.1 Å². The van der Waals surface area contributed by atoms with Crippen LogP contribution in [0.15, 0.2) is 78.9 Å². The van der Waals surface area contributed by atoms with Crippen LogP contribution in [0.4, 0.5) is 4.39 Å². The summed E-state index contributed by atoms with van der Waals surface area (Å²) in [5.74, 6) is -8.18. The first-order chi connectivity index (χ1) is 19.0. The second-order valence-electron chi connectivity index (χ2n) is 8.90. The molecule has 210 valence electrons. The van der Waals surface area contributed by atoms with Crippen molar-refractivity contribution in [2.45, 2.75) is 23.7 Å². The molecule has 0 amide bonds. The summed E-state index contributed by atoms with van der Waals surface area (Å²) in [4.78, 5) is 48.5. The molecule has 0 spiro atoms. The molecule has 0 aromatic heterocycles. The van der Waals surface area contributed by atoms with E-state index in [-0.39, 0.29) is 11.9 Å². The number of hydrogen-bond acceptors (Lipinski definition) is 8. The number of rotatable bonds is 9. The molecule has 0 saturated heterocycles. The Balaban J connectivity index is 0.000000263. The van der Waals surface area contributed by atoms with Crippen LogP contribution in [-0.4, -0.2) is 75.3 Å². The Morgan fingerprint density at radius 1 is 0.825 bits per heavy atom. The van der Waals surface area contributed by atoms with E-state index in [4.69, 9.17) is 4.74 Å². The number of likely N-dealkylation sites (N-methyl/N-ethyl adjacent to an activating group) is 1. The number of ketones is 2. The average Bonchev–Trinajstić information content (AvgIpc) is 2.97. The minimum atomic E-state index is -3.95. The fraction of sp³-hybridized carbons (Fsp3) is 0.241. The van der Waals surface area contributed by atoms with Crippen LogP contribution >= 0.6 is 0 Å². The molecule has 0 fully saturated rings. The highest BCUT2D eigenvalue weighted by atomic mass is 19.1. The summed E-state index contributed by atoms with van der Waals surface area (Å²) in [7, 11) is 1.85. The maximum Gasteiger partial charge on any atom is 0.348 e. The van der Waals surface area contributed by atoms with Crippen molar-refractivity contribution in [3.05, 3.63) is 107 Å². The number of aliphatic carboxylic acids is 2. The Labute approximate surface area is 228 Å². The molecule has 0 radical (unpaired) electrons. The van der Waals surface area contributed by atoms with Crippen LogP contribution in [-0.2, 0) is 20.7 Å². The quantitative estimate of drug-likeness (QED) is 0.195. The normalized spacial score (nSPS) is 17.1. The molecule has 11 heteroatoms. The van der Waals surface area contributed by atoms with Crippen molar-refractivity contribution in [2.24, 2.45) is 0 Å². The predicted octanol–water partition coefficient (Wildman–Crippen LogP) is 2.04. The van der Waals surface area contributed by atoms with Crippen molar-refractivity contribution < 1.29 is 48.7 Å². The van der Waals surface area contributed by atoms with Gasteiger partial charge >= 0.3 is 11.9 Å². The lowest BCUT2D eigenvalue weighted by atomic mass is 9.73. The lowest BCUT2D eigenvalue weighted by Gasteiger charge is -2.34. The van der Waals surface area contributed by atoms with E-state index in [1.165, 1.54) is 42.5 Å². The van der Waals surface area contributed by atoms with Gasteiger partial charge in [0, 0.05) is 23.2 Å². The first-order valence-corrected chi connectivity index (χ1v) is 12.1. The summed E-state index contributed by atoms with van der Waals surface area (Å²) in [5.41, 5.74) is -6.87. The molecule has 1 aliphatic heterocycles. The fourth-order valence-electron chi connectivity index (χ4n) is 4.33. The molecule has 0 aliphatic carbocycles. The van der Waals surface area contributed by atoms with E-state index in [1.54, 1.807) is 6.07 Å². The zero-order valence-corrected chi connectivity index (χ0v) is 21.4. The summed E-state index contributed by atoms with van der Waals surface area (Å²) in [6.07, 6.45) is 0.678. The highest BCUT2D eigenvalue weighted by molar-refractivity contribution is 6.28. The van der Waals surface area contributed by atoms with Gasteiger partial charge < -0.3 is 30.5 Å². The Morgan fingerprint density at radius 3 is 1.73 bits per heavy atom. The summed E-state index contributed by atoms with van der Waals surface area (Å²) in [6, 6.07) is 18.1. The number of halogens is 1. The second-order valence-corrected chi connectivity index (χ2v) is 8.90. The summed E-state index contributed by atoms with van der Waals surface area (Å²) in [6.45, 7) is 1.34. The van der Waals surface area contributed by atoms with Crippen LogP contribution in [0.3, 0.4) is 0 Å². The van der Waals surface area contributed by atoms with Gasteiger partial charge in [0.1, 0.15) is 5.82 Å². The molecule has 4 rings (SSSR count). The third kappa shape index (κ3) is 5.68. The second kappa shape index (κ2) is 12.7. The molecule has 5 N–H and O–H groups in total. The van der Waals surface area contributed by atoms with Crippen molar-refractivity contribution in [2.75, 3.05) is 20.2 Å². The average molecular weight is 554 g/mol. The standard InChI is InChI=1S/C18H14O8.C11H14FNO/c19-13(11-7-3-1-4-8-11)17(25,15(21)22)18(26,16(23)24)14(20)12-9-5-2-6-10-12;1-13-7-10-11-8(5-6-14-10)3-2-4-9(11)12/h1-10,25-26H,(H,21,22)(H,23,24);2-4,10,13H,5-7H2,1H3/t17-,18-;10-/m00/s1. The SMILES string of the molecule is CNC[C@@H]1OCCc2cccc(F)c21.O=C(O)[C@@](O)(C(=O)c1ccccc1)[C@@](O)(C(=O)O)C(=O)c1ccccc1. The van der Waals surface area contributed by atoms with Gasteiger partial charge in [0.05, 0.1) is 12.7 Å². The Bertz CT molecular complexity index is 1310. The lowest BCUT2D eigenvalue weighted by Crippen LogP contribution is -2.71. The van der Waals surface area contributed by atoms with Gasteiger partial charge in [-0.1, -0.05) is 72.8 Å². The van der Waals surface area contributed by atoms with Crippen LogP contribution in [0, 0.1) is 5.82 Å². The first-order valence-electron chi connectivity index (χ1n) is 12.1. The molecule has 3 aromatic carbocycles. The maximum atomic E-state index is 13.5. The van der Waals surface area contributed by atoms with Crippen molar-refractivity contribution in [1.82, 2.24) is 5.32 Å². The fourth-order valence-corrected chi connectivity index (χ4v) is 4.33. The van der Waals surface area contributed by atoms with E-state index in [0.29, 0.717) is 13.2 Å². The number of nitrogens with one attached hydrogen (secondary N) is 1. The summed E-state index contributed by atoms with van der Waals surface area (Å²) >= 11 is 0. The van der Waals surface area contributed by atoms with Crippen LogP contribution in [0.1, 0.15) is 37.9 Å². The number of aliphatic hydroxyl groups is 2. The summed E-state index contributed by atoms with van der Waals surface area (Å²) in [5, 5.41) is 42.9. The third-order valence-electron chi connectivity index (χ3n) is 6.42. The molecule has 1 heterocycles. The highest BCUT2D eigenvalue weighted by Crippen LogP contribution is 2.32. The highest BCUT2D eigenvalue weighted by Gasteiger charge is 2.69. The number of ether oxygens (including phenoxy) is 1. The van der Waals surface area contributed by atoms with E-state index in [2.05, 4.69) is 5.32 Å². The third-order valence-corrected chi connectivity index (χ3v) is 6.42. The number of fused-ring (bicyclic) bond motifs is 1. The van der Waals surface area contributed by atoms with Gasteiger partial charge in [-0.3, -0.25) is 9.59 Å².